The molecule has 0 atom stereocenters. The van der Waals surface area contributed by atoms with Crippen molar-refractivity contribution in [3.63, 3.8) is 0 Å². The lowest BCUT2D eigenvalue weighted by atomic mass is 10.1. The summed E-state index contributed by atoms with van der Waals surface area (Å²) in [6.07, 6.45) is 0. The minimum Gasteiger partial charge on any atom is -0.396 e. The van der Waals surface area contributed by atoms with Gasteiger partial charge in [-0.05, 0) is 13.0 Å². The number of aliphatic hydroxyl groups excluding tert-OH is 1. The predicted octanol–water partition coefficient (Wildman–Crippen LogP) is 1.09. The van der Waals surface area contributed by atoms with E-state index < -0.39 is 11.2 Å². The summed E-state index contributed by atoms with van der Waals surface area (Å²) in [7, 11) is 3.01. The summed E-state index contributed by atoms with van der Waals surface area (Å²) in [6, 6.07) is 7.70. The summed E-state index contributed by atoms with van der Waals surface area (Å²) in [5.74, 6) is 0.839. The van der Waals surface area contributed by atoms with Gasteiger partial charge < -0.3 is 5.11 Å². The summed E-state index contributed by atoms with van der Waals surface area (Å²) in [5, 5.41) is 9.90. The van der Waals surface area contributed by atoms with Crippen molar-refractivity contribution in [1.82, 2.24) is 19.1 Å². The summed E-state index contributed by atoms with van der Waals surface area (Å²) in [4.78, 5) is 33.8. The average Bonchev–Trinajstić information content (AvgIpc) is 2.62. The number of fused-ring (bicyclic) bond motifs is 1. The van der Waals surface area contributed by atoms with Gasteiger partial charge in [0.15, 0.2) is 11.5 Å². The van der Waals surface area contributed by atoms with Gasteiger partial charge in [0.2, 0.25) is 0 Å². The first-order valence-corrected chi connectivity index (χ1v) is 8.71. The number of aliphatic hydroxyl groups is 1. The third-order valence-corrected chi connectivity index (χ3v) is 4.83. The maximum Gasteiger partial charge on any atom is 0.332 e. The highest BCUT2D eigenvalue weighted by Gasteiger charge is 2.18. The summed E-state index contributed by atoms with van der Waals surface area (Å²) in [6.45, 7) is 1.93. The SMILES string of the molecule is Cc1cccc(-c2nc(SCCO)c3c(=O)n(C)c(=O)n(C)c3n2)c1. The molecule has 1 aromatic carbocycles. The molecule has 0 fully saturated rings. The number of thioether (sulfide) groups is 1. The van der Waals surface area contributed by atoms with Gasteiger partial charge in [-0.15, -0.1) is 11.8 Å². The van der Waals surface area contributed by atoms with Gasteiger partial charge in [-0.25, -0.2) is 14.8 Å². The van der Waals surface area contributed by atoms with Gasteiger partial charge in [0.05, 0.1) is 6.61 Å². The molecule has 8 heteroatoms. The van der Waals surface area contributed by atoms with Crippen LogP contribution >= 0.6 is 11.8 Å². The fraction of sp³-hybridized carbons (Fsp3) is 0.294. The van der Waals surface area contributed by atoms with Gasteiger partial charge in [-0.1, -0.05) is 23.8 Å². The average molecular weight is 358 g/mol. The van der Waals surface area contributed by atoms with Crippen molar-refractivity contribution in [2.24, 2.45) is 14.1 Å². The van der Waals surface area contributed by atoms with Crippen LogP contribution in [0.2, 0.25) is 0 Å². The van der Waals surface area contributed by atoms with Gasteiger partial charge in [0, 0.05) is 25.4 Å². The molecule has 2 aromatic heterocycles. The molecule has 3 rings (SSSR count). The normalized spacial score (nSPS) is 11.2. The van der Waals surface area contributed by atoms with E-state index in [1.807, 2.05) is 31.2 Å². The summed E-state index contributed by atoms with van der Waals surface area (Å²) < 4.78 is 2.39. The number of aromatic nitrogens is 4. The van der Waals surface area contributed by atoms with Crippen molar-refractivity contribution in [2.75, 3.05) is 12.4 Å². The first-order valence-electron chi connectivity index (χ1n) is 7.72. The van der Waals surface area contributed by atoms with Crippen LogP contribution in [0, 0.1) is 6.92 Å². The van der Waals surface area contributed by atoms with Gasteiger partial charge in [0.1, 0.15) is 10.4 Å². The van der Waals surface area contributed by atoms with Crippen LogP contribution in [0.3, 0.4) is 0 Å². The lowest BCUT2D eigenvalue weighted by Crippen LogP contribution is -2.37. The van der Waals surface area contributed by atoms with Crippen molar-refractivity contribution in [3.8, 4) is 11.4 Å². The summed E-state index contributed by atoms with van der Waals surface area (Å²) in [5.41, 5.74) is 1.28. The molecule has 0 amide bonds. The van der Waals surface area contributed by atoms with Crippen molar-refractivity contribution < 1.29 is 5.11 Å². The number of benzene rings is 1. The van der Waals surface area contributed by atoms with Gasteiger partial charge in [-0.2, -0.15) is 0 Å². The highest BCUT2D eigenvalue weighted by atomic mass is 32.2. The van der Waals surface area contributed by atoms with Gasteiger partial charge in [-0.3, -0.25) is 13.9 Å². The topological polar surface area (TPSA) is 90.0 Å². The zero-order valence-electron chi connectivity index (χ0n) is 14.2. The van der Waals surface area contributed by atoms with Crippen LogP contribution in [0.15, 0.2) is 38.9 Å². The van der Waals surface area contributed by atoms with Crippen molar-refractivity contribution in [1.29, 1.82) is 0 Å². The van der Waals surface area contributed by atoms with Crippen LogP contribution in [0.4, 0.5) is 0 Å². The number of hydrogen-bond acceptors (Lipinski definition) is 6. The molecule has 25 heavy (non-hydrogen) atoms. The molecular formula is C17H18N4O3S. The van der Waals surface area contributed by atoms with Crippen molar-refractivity contribution in [3.05, 3.63) is 50.7 Å². The molecule has 2 heterocycles. The Labute approximate surface area is 148 Å². The monoisotopic (exact) mass is 358 g/mol. The highest BCUT2D eigenvalue weighted by molar-refractivity contribution is 7.99. The van der Waals surface area contributed by atoms with Gasteiger partial charge in [0.25, 0.3) is 5.56 Å². The highest BCUT2D eigenvalue weighted by Crippen LogP contribution is 2.26. The van der Waals surface area contributed by atoms with E-state index in [-0.39, 0.29) is 6.61 Å². The number of nitrogens with zero attached hydrogens (tertiary/aromatic N) is 4. The Morgan fingerprint density at radius 1 is 1.16 bits per heavy atom. The molecule has 0 radical (unpaired) electrons. The first-order chi connectivity index (χ1) is 11.9. The third-order valence-electron chi connectivity index (χ3n) is 3.87. The number of aryl methyl sites for hydroxylation is 2. The van der Waals surface area contributed by atoms with Crippen LogP contribution in [0.5, 0.6) is 0 Å². The largest absolute Gasteiger partial charge is 0.396 e. The lowest BCUT2D eigenvalue weighted by molar-refractivity contribution is 0.322. The van der Waals surface area contributed by atoms with E-state index in [1.54, 1.807) is 7.05 Å². The van der Waals surface area contributed by atoms with E-state index in [1.165, 1.54) is 23.4 Å². The van der Waals surface area contributed by atoms with Crippen LogP contribution in [-0.4, -0.2) is 36.6 Å². The Balaban J connectivity index is 2.39. The standard InChI is InChI=1S/C17H18N4O3S/c1-10-5-4-6-11(9-10)13-18-14-12(15(19-13)25-8-7-22)16(23)21(3)17(24)20(14)2/h4-6,9,22H,7-8H2,1-3H3. The second kappa shape index (κ2) is 6.81. The molecule has 0 aliphatic rings. The molecule has 0 spiro atoms. The van der Waals surface area contributed by atoms with Crippen LogP contribution in [0.25, 0.3) is 22.4 Å². The van der Waals surface area contributed by atoms with Gasteiger partial charge >= 0.3 is 5.69 Å². The van der Waals surface area contributed by atoms with E-state index in [4.69, 9.17) is 5.11 Å². The Hall–Kier alpha value is -2.45. The Kier molecular flexibility index (Phi) is 4.73. The predicted molar refractivity (Wildman–Crippen MR) is 98.0 cm³/mol. The molecule has 0 aliphatic carbocycles. The third kappa shape index (κ3) is 3.10. The second-order valence-electron chi connectivity index (χ2n) is 5.70. The molecule has 0 saturated heterocycles. The zero-order valence-corrected chi connectivity index (χ0v) is 15.0. The minimum atomic E-state index is -0.440. The molecule has 1 N–H and O–H groups in total. The number of hydrogen-bond donors (Lipinski definition) is 1. The summed E-state index contributed by atoms with van der Waals surface area (Å²) >= 11 is 1.27. The van der Waals surface area contributed by atoms with E-state index in [2.05, 4.69) is 9.97 Å². The van der Waals surface area contributed by atoms with E-state index in [9.17, 15) is 9.59 Å². The van der Waals surface area contributed by atoms with E-state index >= 15 is 0 Å². The maximum absolute atomic E-state index is 12.6. The number of rotatable bonds is 4. The lowest BCUT2D eigenvalue weighted by Gasteiger charge is -2.12. The molecular weight excluding hydrogens is 340 g/mol. The Morgan fingerprint density at radius 3 is 2.60 bits per heavy atom. The molecule has 0 aliphatic heterocycles. The fourth-order valence-electron chi connectivity index (χ4n) is 2.59. The Bertz CT molecular complexity index is 1070. The minimum absolute atomic E-state index is 0.0397. The molecule has 0 bridgehead atoms. The molecule has 3 aromatic rings. The van der Waals surface area contributed by atoms with Crippen LogP contribution in [0.1, 0.15) is 5.56 Å². The van der Waals surface area contributed by atoms with E-state index in [0.717, 1.165) is 15.7 Å². The zero-order chi connectivity index (χ0) is 18.1. The van der Waals surface area contributed by atoms with Crippen LogP contribution in [-0.2, 0) is 14.1 Å². The fourth-order valence-corrected chi connectivity index (χ4v) is 3.35. The maximum atomic E-state index is 12.6. The quantitative estimate of drug-likeness (QED) is 0.555. The molecule has 130 valence electrons. The molecule has 0 unspecified atom stereocenters. The molecule has 7 nitrogen and oxygen atoms in total. The Morgan fingerprint density at radius 2 is 1.92 bits per heavy atom. The molecule has 0 saturated carbocycles. The van der Waals surface area contributed by atoms with Crippen molar-refractivity contribution in [2.45, 2.75) is 11.9 Å². The van der Waals surface area contributed by atoms with Crippen LogP contribution < -0.4 is 11.2 Å². The first kappa shape index (κ1) is 17.4. The second-order valence-corrected chi connectivity index (χ2v) is 6.78. The van der Waals surface area contributed by atoms with E-state index in [0.29, 0.717) is 27.6 Å². The van der Waals surface area contributed by atoms with Crippen molar-refractivity contribution >= 4 is 22.8 Å². The smallest absolute Gasteiger partial charge is 0.332 e.